The van der Waals surface area contributed by atoms with Crippen LogP contribution in [0.25, 0.3) is 5.82 Å². The van der Waals surface area contributed by atoms with Gasteiger partial charge in [0.1, 0.15) is 5.76 Å². The third-order valence-corrected chi connectivity index (χ3v) is 4.94. The maximum atomic E-state index is 13.1. The van der Waals surface area contributed by atoms with Crippen LogP contribution in [0.5, 0.6) is 0 Å². The van der Waals surface area contributed by atoms with Crippen LogP contribution in [0, 0.1) is 26.7 Å². The van der Waals surface area contributed by atoms with Crippen LogP contribution in [0.4, 0.5) is 0 Å². The smallest absolute Gasteiger partial charge is 0.255 e. The average Bonchev–Trinajstić information content (AvgIpc) is 3.17. The Kier molecular flexibility index (Phi) is 5.15. The van der Waals surface area contributed by atoms with E-state index in [4.69, 9.17) is 4.52 Å². The van der Waals surface area contributed by atoms with Gasteiger partial charge in [-0.05, 0) is 46.6 Å². The number of nitrogens with one attached hydrogen (secondary N) is 1. The van der Waals surface area contributed by atoms with Crippen molar-refractivity contribution in [3.63, 3.8) is 0 Å². The zero-order chi connectivity index (χ0) is 18.8. The summed E-state index contributed by atoms with van der Waals surface area (Å²) in [5, 5.41) is 6.92. The van der Waals surface area contributed by atoms with Crippen molar-refractivity contribution in [2.24, 2.45) is 5.92 Å². The molecule has 2 amide bonds. The summed E-state index contributed by atoms with van der Waals surface area (Å²) < 4.78 is 7.09. The van der Waals surface area contributed by atoms with Crippen molar-refractivity contribution < 1.29 is 14.1 Å². The fourth-order valence-electron chi connectivity index (χ4n) is 3.66. The van der Waals surface area contributed by atoms with Crippen LogP contribution < -0.4 is 5.32 Å². The Hall–Kier alpha value is -2.57. The summed E-state index contributed by atoms with van der Waals surface area (Å²) >= 11 is 0. The van der Waals surface area contributed by atoms with E-state index < -0.39 is 0 Å². The van der Waals surface area contributed by atoms with Gasteiger partial charge in [-0.25, -0.2) is 0 Å². The Morgan fingerprint density at radius 3 is 2.73 bits per heavy atom. The van der Waals surface area contributed by atoms with Gasteiger partial charge in [-0.3, -0.25) is 14.2 Å². The lowest BCUT2D eigenvalue weighted by atomic mass is 9.96. The molecule has 0 radical (unpaired) electrons. The van der Waals surface area contributed by atoms with Gasteiger partial charge in [0, 0.05) is 37.1 Å². The van der Waals surface area contributed by atoms with Crippen LogP contribution in [0.2, 0.25) is 0 Å². The number of amides is 2. The monoisotopic (exact) mass is 358 g/mol. The van der Waals surface area contributed by atoms with Crippen molar-refractivity contribution in [3.8, 4) is 5.82 Å². The zero-order valence-electron chi connectivity index (χ0n) is 15.8. The number of carbonyl (C=O) groups excluding carboxylic acids is 2. The van der Waals surface area contributed by atoms with E-state index in [9.17, 15) is 9.59 Å². The highest BCUT2D eigenvalue weighted by molar-refractivity contribution is 5.96. The van der Waals surface area contributed by atoms with E-state index in [1.54, 1.807) is 4.90 Å². The minimum atomic E-state index is -0.130. The number of rotatable bonds is 4. The molecule has 0 saturated carbocycles. The first-order valence-corrected chi connectivity index (χ1v) is 9.12. The van der Waals surface area contributed by atoms with Gasteiger partial charge in [0.05, 0.1) is 11.5 Å². The molecule has 1 saturated heterocycles. The SMILES string of the molecule is CCNC(=O)C1CCCN(C(=O)c2cc(C)n(-c3cc(C)on3)c2C)C1. The van der Waals surface area contributed by atoms with Gasteiger partial charge in [0.15, 0.2) is 5.82 Å². The first kappa shape index (κ1) is 18.2. The number of aromatic nitrogens is 2. The lowest BCUT2D eigenvalue weighted by molar-refractivity contribution is -0.126. The molecule has 140 valence electrons. The molecule has 1 aliphatic heterocycles. The van der Waals surface area contributed by atoms with E-state index >= 15 is 0 Å². The normalized spacial score (nSPS) is 17.4. The summed E-state index contributed by atoms with van der Waals surface area (Å²) in [6.45, 7) is 9.37. The minimum absolute atomic E-state index is 0.0291. The quantitative estimate of drug-likeness (QED) is 0.910. The van der Waals surface area contributed by atoms with Crippen molar-refractivity contribution in [1.82, 2.24) is 19.9 Å². The Morgan fingerprint density at radius 1 is 1.31 bits per heavy atom. The number of likely N-dealkylation sites (tertiary alicyclic amines) is 1. The molecule has 2 aromatic heterocycles. The van der Waals surface area contributed by atoms with Gasteiger partial charge < -0.3 is 14.7 Å². The van der Waals surface area contributed by atoms with E-state index in [1.165, 1.54) is 0 Å². The molecule has 1 unspecified atom stereocenters. The highest BCUT2D eigenvalue weighted by atomic mass is 16.5. The average molecular weight is 358 g/mol. The molecule has 1 N–H and O–H groups in total. The van der Waals surface area contributed by atoms with E-state index in [-0.39, 0.29) is 17.7 Å². The highest BCUT2D eigenvalue weighted by Gasteiger charge is 2.30. The first-order chi connectivity index (χ1) is 12.4. The molecule has 1 aliphatic rings. The van der Waals surface area contributed by atoms with Crippen molar-refractivity contribution in [1.29, 1.82) is 0 Å². The summed E-state index contributed by atoms with van der Waals surface area (Å²) in [7, 11) is 0. The Labute approximate surface area is 153 Å². The lowest BCUT2D eigenvalue weighted by Crippen LogP contribution is -2.45. The van der Waals surface area contributed by atoms with Gasteiger partial charge in [-0.15, -0.1) is 0 Å². The maximum absolute atomic E-state index is 13.1. The molecule has 7 nitrogen and oxygen atoms in total. The highest BCUT2D eigenvalue weighted by Crippen LogP contribution is 2.24. The van der Waals surface area contributed by atoms with Crippen LogP contribution in [-0.2, 0) is 4.79 Å². The Balaban J connectivity index is 1.83. The number of hydrogen-bond donors (Lipinski definition) is 1. The lowest BCUT2D eigenvalue weighted by Gasteiger charge is -2.32. The summed E-state index contributed by atoms with van der Waals surface area (Å²) in [6, 6.07) is 3.73. The standard InChI is InChI=1S/C19H26N4O3/c1-5-20-18(24)15-7-6-8-22(11-15)19(25)16-9-12(2)23(14(16)4)17-10-13(3)26-21-17/h9-10,15H,5-8,11H2,1-4H3,(H,20,24). The second-order valence-electron chi connectivity index (χ2n) is 6.90. The molecule has 2 aromatic rings. The van der Waals surface area contributed by atoms with E-state index in [2.05, 4.69) is 10.5 Å². The molecule has 3 rings (SSSR count). The van der Waals surface area contributed by atoms with Crippen molar-refractivity contribution >= 4 is 11.8 Å². The molecule has 0 bridgehead atoms. The summed E-state index contributed by atoms with van der Waals surface area (Å²) in [4.78, 5) is 27.0. The number of carbonyl (C=O) groups is 2. The van der Waals surface area contributed by atoms with Crippen LogP contribution in [-0.4, -0.2) is 46.1 Å². The fraction of sp³-hybridized carbons (Fsp3) is 0.526. The number of hydrogen-bond acceptors (Lipinski definition) is 4. The van der Waals surface area contributed by atoms with Crippen LogP contribution in [0.1, 0.15) is 47.3 Å². The van der Waals surface area contributed by atoms with Crippen LogP contribution >= 0.6 is 0 Å². The molecule has 7 heteroatoms. The number of aryl methyl sites for hydroxylation is 2. The maximum Gasteiger partial charge on any atom is 0.255 e. The fourth-order valence-corrected chi connectivity index (χ4v) is 3.66. The molecule has 1 fully saturated rings. The minimum Gasteiger partial charge on any atom is -0.360 e. The van der Waals surface area contributed by atoms with Crippen molar-refractivity contribution in [2.75, 3.05) is 19.6 Å². The molecule has 3 heterocycles. The van der Waals surface area contributed by atoms with Gasteiger partial charge in [0.25, 0.3) is 5.91 Å². The molecule has 0 aliphatic carbocycles. The van der Waals surface area contributed by atoms with Gasteiger partial charge in [0.2, 0.25) is 5.91 Å². The summed E-state index contributed by atoms with van der Waals surface area (Å²) in [6.07, 6.45) is 1.67. The van der Waals surface area contributed by atoms with E-state index in [0.717, 1.165) is 30.0 Å². The topological polar surface area (TPSA) is 80.4 Å². The predicted molar refractivity (Wildman–Crippen MR) is 97.4 cm³/mol. The molecule has 0 spiro atoms. The second kappa shape index (κ2) is 7.35. The molecular weight excluding hydrogens is 332 g/mol. The van der Waals surface area contributed by atoms with E-state index in [0.29, 0.717) is 31.0 Å². The Bertz CT molecular complexity index is 821. The third kappa shape index (κ3) is 3.38. The van der Waals surface area contributed by atoms with Crippen LogP contribution in [0.3, 0.4) is 0 Å². The van der Waals surface area contributed by atoms with Crippen LogP contribution in [0.15, 0.2) is 16.7 Å². The number of nitrogens with zero attached hydrogens (tertiary/aromatic N) is 3. The third-order valence-electron chi connectivity index (χ3n) is 4.94. The van der Waals surface area contributed by atoms with Crippen molar-refractivity contribution in [3.05, 3.63) is 34.8 Å². The predicted octanol–water partition coefficient (Wildman–Crippen LogP) is 2.38. The summed E-state index contributed by atoms with van der Waals surface area (Å²) in [5.74, 6) is 1.28. The zero-order valence-corrected chi connectivity index (χ0v) is 15.8. The first-order valence-electron chi connectivity index (χ1n) is 9.12. The summed E-state index contributed by atoms with van der Waals surface area (Å²) in [5.41, 5.74) is 2.41. The molecule has 0 aromatic carbocycles. The number of piperidine rings is 1. The van der Waals surface area contributed by atoms with Gasteiger partial charge >= 0.3 is 0 Å². The van der Waals surface area contributed by atoms with Crippen molar-refractivity contribution in [2.45, 2.75) is 40.5 Å². The van der Waals surface area contributed by atoms with E-state index in [1.807, 2.05) is 44.4 Å². The largest absolute Gasteiger partial charge is 0.360 e. The van der Waals surface area contributed by atoms with Gasteiger partial charge in [-0.2, -0.15) is 0 Å². The molecular formula is C19H26N4O3. The molecule has 1 atom stereocenters. The Morgan fingerprint density at radius 2 is 2.08 bits per heavy atom. The second-order valence-corrected chi connectivity index (χ2v) is 6.90. The van der Waals surface area contributed by atoms with Gasteiger partial charge in [-0.1, -0.05) is 5.16 Å². The molecule has 26 heavy (non-hydrogen) atoms.